The summed E-state index contributed by atoms with van der Waals surface area (Å²) in [6, 6.07) is 13.3. The van der Waals surface area contributed by atoms with Crippen LogP contribution >= 0.6 is 11.6 Å². The molecule has 2 aliphatic heterocycles. The van der Waals surface area contributed by atoms with Crippen LogP contribution in [0.3, 0.4) is 0 Å². The van der Waals surface area contributed by atoms with Gasteiger partial charge in [-0.1, -0.05) is 55.8 Å². The fraction of sp³-hybridized carbons (Fsp3) is 0.261. The molecule has 0 bridgehead atoms. The second-order valence-electron chi connectivity index (χ2n) is 7.75. The zero-order valence-electron chi connectivity index (χ0n) is 17.1. The fourth-order valence-corrected chi connectivity index (χ4v) is 3.96. The van der Waals surface area contributed by atoms with Crippen LogP contribution in [-0.4, -0.2) is 36.0 Å². The number of nitrogens with zero attached hydrogens (tertiary/aromatic N) is 1. The second kappa shape index (κ2) is 8.43. The minimum Gasteiger partial charge on any atom is -0.456 e. The molecule has 7 nitrogen and oxygen atoms in total. The molecule has 160 valence electrons. The summed E-state index contributed by atoms with van der Waals surface area (Å²) in [5.41, 5.74) is 3.06. The molecule has 2 heterocycles. The van der Waals surface area contributed by atoms with Gasteiger partial charge in [-0.15, -0.1) is 0 Å². The maximum Gasteiger partial charge on any atom is 0.338 e. The first-order valence-corrected chi connectivity index (χ1v) is 10.4. The van der Waals surface area contributed by atoms with Gasteiger partial charge in [0.1, 0.15) is 13.2 Å². The monoisotopic (exact) mass is 439 g/mol. The minimum atomic E-state index is -0.728. The number of anilines is 1. The molecule has 2 N–H and O–H groups in total. The Morgan fingerprint density at radius 1 is 1.19 bits per heavy atom. The Morgan fingerprint density at radius 3 is 2.58 bits per heavy atom. The van der Waals surface area contributed by atoms with E-state index in [-0.39, 0.29) is 19.1 Å². The summed E-state index contributed by atoms with van der Waals surface area (Å²) < 4.78 is 5.18. The van der Waals surface area contributed by atoms with Gasteiger partial charge in [0.25, 0.3) is 0 Å². The summed E-state index contributed by atoms with van der Waals surface area (Å²) >= 11 is 6.28. The summed E-state index contributed by atoms with van der Waals surface area (Å²) in [5.74, 6) is -0.525. The average molecular weight is 440 g/mol. The van der Waals surface area contributed by atoms with Gasteiger partial charge < -0.3 is 15.4 Å². The molecule has 0 aromatic heterocycles. The van der Waals surface area contributed by atoms with Crippen LogP contribution in [0.15, 0.2) is 59.8 Å². The van der Waals surface area contributed by atoms with E-state index in [0.29, 0.717) is 33.5 Å². The quantitative estimate of drug-likeness (QED) is 0.690. The molecule has 3 amide bonds. The van der Waals surface area contributed by atoms with Crippen LogP contribution in [0.25, 0.3) is 0 Å². The van der Waals surface area contributed by atoms with Gasteiger partial charge in [-0.3, -0.25) is 9.69 Å². The van der Waals surface area contributed by atoms with Crippen molar-refractivity contribution in [1.82, 2.24) is 10.2 Å². The van der Waals surface area contributed by atoms with E-state index in [1.807, 2.05) is 24.3 Å². The topological polar surface area (TPSA) is 87.7 Å². The summed E-state index contributed by atoms with van der Waals surface area (Å²) in [4.78, 5) is 39.1. The summed E-state index contributed by atoms with van der Waals surface area (Å²) in [6.07, 6.45) is 0. The number of nitrogens with one attached hydrogen (secondary N) is 2. The lowest BCUT2D eigenvalue weighted by atomic mass is 9.95. The highest BCUT2D eigenvalue weighted by Crippen LogP contribution is 2.37. The first-order chi connectivity index (χ1) is 14.8. The average Bonchev–Trinajstić information content (AvgIpc) is 3.12. The Balaban J connectivity index is 1.55. The number of carbonyl (C=O) groups excluding carboxylic acids is 3. The van der Waals surface area contributed by atoms with Gasteiger partial charge in [-0.25, -0.2) is 9.59 Å². The van der Waals surface area contributed by atoms with Gasteiger partial charge >= 0.3 is 12.0 Å². The van der Waals surface area contributed by atoms with Gasteiger partial charge in [-0.05, 0) is 35.2 Å². The van der Waals surface area contributed by atoms with E-state index in [2.05, 4.69) is 24.5 Å². The van der Waals surface area contributed by atoms with Crippen molar-refractivity contribution in [2.45, 2.75) is 25.8 Å². The molecule has 8 heteroatoms. The lowest BCUT2D eigenvalue weighted by Crippen LogP contribution is -2.49. The lowest BCUT2D eigenvalue weighted by molar-refractivity contribution is -0.136. The van der Waals surface area contributed by atoms with Crippen molar-refractivity contribution in [3.8, 4) is 0 Å². The lowest BCUT2D eigenvalue weighted by Gasteiger charge is -2.32. The number of rotatable bonds is 5. The third-order valence-electron chi connectivity index (χ3n) is 5.38. The van der Waals surface area contributed by atoms with Gasteiger partial charge in [0.05, 0.1) is 17.3 Å². The number of urea groups is 1. The molecule has 2 aliphatic rings. The Labute approximate surface area is 185 Å². The van der Waals surface area contributed by atoms with Crippen molar-refractivity contribution in [2.24, 2.45) is 0 Å². The number of carbonyl (C=O) groups is 3. The van der Waals surface area contributed by atoms with Crippen LogP contribution in [0.1, 0.15) is 36.9 Å². The normalized spacial score (nSPS) is 18.1. The van der Waals surface area contributed by atoms with Gasteiger partial charge in [0.15, 0.2) is 0 Å². The number of ether oxygens (including phenoxy) is 1. The molecule has 31 heavy (non-hydrogen) atoms. The zero-order chi connectivity index (χ0) is 22.1. The predicted octanol–water partition coefficient (Wildman–Crippen LogP) is 3.98. The molecule has 0 aliphatic carbocycles. The summed E-state index contributed by atoms with van der Waals surface area (Å²) in [5, 5.41) is 5.99. The Morgan fingerprint density at radius 2 is 1.90 bits per heavy atom. The first kappa shape index (κ1) is 20.9. The summed E-state index contributed by atoms with van der Waals surface area (Å²) in [6.45, 7) is 3.87. The first-order valence-electron chi connectivity index (χ1n) is 9.97. The van der Waals surface area contributed by atoms with Gasteiger partial charge in [-0.2, -0.15) is 0 Å². The molecule has 2 aromatic carbocycles. The van der Waals surface area contributed by atoms with E-state index in [4.69, 9.17) is 16.3 Å². The van der Waals surface area contributed by atoms with Gasteiger partial charge in [0, 0.05) is 10.7 Å². The SMILES string of the molecule is CC(C)c1ccc(NC(=O)CN2C(=O)N[C@H](c3ccccc3Cl)C3=C2COC3=O)cc1. The smallest absolute Gasteiger partial charge is 0.338 e. The number of esters is 1. The maximum atomic E-state index is 12.8. The minimum absolute atomic E-state index is 0.0705. The van der Waals surface area contributed by atoms with Crippen molar-refractivity contribution in [2.75, 3.05) is 18.5 Å². The van der Waals surface area contributed by atoms with Crippen molar-refractivity contribution >= 4 is 35.2 Å². The number of amides is 3. The molecular formula is C23H22ClN3O4. The fourth-order valence-electron chi connectivity index (χ4n) is 3.72. The number of benzene rings is 2. The molecule has 0 saturated heterocycles. The predicted molar refractivity (Wildman–Crippen MR) is 117 cm³/mol. The van der Waals surface area contributed by atoms with Crippen LogP contribution in [0, 0.1) is 0 Å². The third kappa shape index (κ3) is 4.14. The molecule has 0 saturated carbocycles. The van der Waals surface area contributed by atoms with Crippen LogP contribution in [0.4, 0.5) is 10.5 Å². The summed E-state index contributed by atoms with van der Waals surface area (Å²) in [7, 11) is 0. The zero-order valence-corrected chi connectivity index (χ0v) is 17.9. The molecule has 0 unspecified atom stereocenters. The number of hydrogen-bond acceptors (Lipinski definition) is 4. The number of halogens is 1. The number of cyclic esters (lactones) is 1. The largest absolute Gasteiger partial charge is 0.456 e. The molecule has 0 fully saturated rings. The molecule has 0 spiro atoms. The number of hydrogen-bond donors (Lipinski definition) is 2. The van der Waals surface area contributed by atoms with Crippen LogP contribution in [0.2, 0.25) is 5.02 Å². The molecule has 1 atom stereocenters. The highest BCUT2D eigenvalue weighted by atomic mass is 35.5. The van der Waals surface area contributed by atoms with E-state index in [0.717, 1.165) is 5.56 Å². The van der Waals surface area contributed by atoms with Gasteiger partial charge in [0.2, 0.25) is 5.91 Å². The molecule has 0 radical (unpaired) electrons. The van der Waals surface area contributed by atoms with Crippen molar-refractivity contribution < 1.29 is 19.1 Å². The van der Waals surface area contributed by atoms with E-state index in [9.17, 15) is 14.4 Å². The Kier molecular flexibility index (Phi) is 5.69. The van der Waals surface area contributed by atoms with E-state index in [1.165, 1.54) is 4.90 Å². The van der Waals surface area contributed by atoms with Crippen molar-refractivity contribution in [1.29, 1.82) is 0 Å². The highest BCUT2D eigenvalue weighted by molar-refractivity contribution is 6.31. The Hall–Kier alpha value is -3.32. The maximum absolute atomic E-state index is 12.8. The standard InChI is InChI=1S/C23H22ClN3O4/c1-13(2)14-7-9-15(10-8-14)25-19(28)11-27-18-12-31-22(29)20(18)21(26-23(27)30)16-5-3-4-6-17(16)24/h3-10,13,21H,11-12H2,1-2H3,(H,25,28)(H,26,30)/t21-/m1/s1. The molecule has 2 aromatic rings. The highest BCUT2D eigenvalue weighted by Gasteiger charge is 2.43. The van der Waals surface area contributed by atoms with Crippen molar-refractivity contribution in [3.63, 3.8) is 0 Å². The van der Waals surface area contributed by atoms with E-state index >= 15 is 0 Å². The third-order valence-corrected chi connectivity index (χ3v) is 5.72. The Bertz CT molecular complexity index is 1080. The van der Waals surface area contributed by atoms with E-state index in [1.54, 1.807) is 24.3 Å². The van der Waals surface area contributed by atoms with Crippen LogP contribution in [0.5, 0.6) is 0 Å². The van der Waals surface area contributed by atoms with Crippen LogP contribution in [-0.2, 0) is 14.3 Å². The second-order valence-corrected chi connectivity index (χ2v) is 8.16. The molecule has 4 rings (SSSR count). The molecular weight excluding hydrogens is 418 g/mol. The van der Waals surface area contributed by atoms with Crippen LogP contribution < -0.4 is 10.6 Å². The van der Waals surface area contributed by atoms with E-state index < -0.39 is 18.0 Å². The van der Waals surface area contributed by atoms with Crippen molar-refractivity contribution in [3.05, 3.63) is 76.0 Å².